The Balaban J connectivity index is 1.70. The third kappa shape index (κ3) is 5.44. The quantitative estimate of drug-likeness (QED) is 0.355. The second kappa shape index (κ2) is 11.2. The molecular formula is C28H29N5O5S. The lowest BCUT2D eigenvalue weighted by Gasteiger charge is -2.18. The van der Waals surface area contributed by atoms with E-state index in [1.165, 1.54) is 31.7 Å². The molecule has 3 aromatic rings. The van der Waals surface area contributed by atoms with Gasteiger partial charge in [0.2, 0.25) is 0 Å². The summed E-state index contributed by atoms with van der Waals surface area (Å²) in [5.74, 6) is -0.489. The van der Waals surface area contributed by atoms with E-state index in [1.807, 2.05) is 24.3 Å². The summed E-state index contributed by atoms with van der Waals surface area (Å²) in [6.45, 7) is 4.21. The maximum absolute atomic E-state index is 13.5. The number of carbonyl (C=O) groups is 2. The molecular weight excluding hydrogens is 518 g/mol. The molecule has 202 valence electrons. The lowest BCUT2D eigenvalue weighted by atomic mass is 10.0. The molecule has 0 saturated heterocycles. The first kappa shape index (κ1) is 27.6. The molecule has 0 unspecified atom stereocenters. The molecule has 2 aromatic carbocycles. The predicted octanol–water partition coefficient (Wildman–Crippen LogP) is 3.16. The zero-order valence-corrected chi connectivity index (χ0v) is 23.1. The Morgan fingerprint density at radius 1 is 1.08 bits per heavy atom. The summed E-state index contributed by atoms with van der Waals surface area (Å²) >= 11 is 0.994. The van der Waals surface area contributed by atoms with Crippen LogP contribution >= 0.6 is 11.8 Å². The van der Waals surface area contributed by atoms with Gasteiger partial charge in [-0.1, -0.05) is 55.9 Å². The highest BCUT2D eigenvalue weighted by atomic mass is 32.2. The average molecular weight is 548 g/mol. The summed E-state index contributed by atoms with van der Waals surface area (Å²) in [5, 5.41) is 0.256. The smallest absolute Gasteiger partial charge is 0.332 e. The molecule has 0 atom stereocenters. The first-order valence-corrected chi connectivity index (χ1v) is 13.1. The molecule has 39 heavy (non-hydrogen) atoms. The number of aliphatic imine (C=N–C) groups is 1. The molecule has 2 N–H and O–H groups in total. The number of methoxy groups -OCH3 is 1. The molecule has 11 heteroatoms. The molecule has 0 aliphatic carbocycles. The number of rotatable bonds is 7. The van der Waals surface area contributed by atoms with Gasteiger partial charge in [-0.15, -0.1) is 0 Å². The molecule has 1 aromatic heterocycles. The number of nitrogens with zero attached hydrogens (tertiary/aromatic N) is 4. The van der Waals surface area contributed by atoms with Crippen molar-refractivity contribution in [2.45, 2.75) is 19.8 Å². The Morgan fingerprint density at radius 3 is 2.41 bits per heavy atom. The number of Topliss-reactive ketones (excluding diaryl/α,β-unsaturated/α-hetero) is 1. The minimum absolute atomic E-state index is 0.197. The van der Waals surface area contributed by atoms with Crippen LogP contribution in [0.2, 0.25) is 0 Å². The molecule has 10 nitrogen and oxygen atoms in total. The number of ketones is 1. The maximum atomic E-state index is 13.5. The van der Waals surface area contributed by atoms with E-state index in [2.05, 4.69) is 18.8 Å². The number of nitrogen functional groups attached to an aromatic ring is 1. The number of benzene rings is 2. The van der Waals surface area contributed by atoms with E-state index in [0.717, 1.165) is 26.5 Å². The molecule has 1 aliphatic heterocycles. The minimum Gasteiger partial charge on any atom is -0.497 e. The second-order valence-corrected chi connectivity index (χ2v) is 10.2. The highest BCUT2D eigenvalue weighted by Gasteiger charge is 2.33. The second-order valence-electron chi connectivity index (χ2n) is 9.27. The summed E-state index contributed by atoms with van der Waals surface area (Å²) < 4.78 is 7.20. The van der Waals surface area contributed by atoms with Crippen LogP contribution in [0.1, 0.15) is 41.3 Å². The number of thioether (sulfide) groups is 1. The van der Waals surface area contributed by atoms with Crippen molar-refractivity contribution in [1.82, 2.24) is 9.13 Å². The van der Waals surface area contributed by atoms with Crippen molar-refractivity contribution in [2.24, 2.45) is 19.1 Å². The minimum atomic E-state index is -0.777. The molecule has 0 fully saturated rings. The molecule has 0 radical (unpaired) electrons. The number of nitrogens with two attached hydrogens (primary N) is 1. The van der Waals surface area contributed by atoms with Crippen molar-refractivity contribution in [1.29, 1.82) is 0 Å². The van der Waals surface area contributed by atoms with Crippen molar-refractivity contribution in [3.8, 4) is 5.75 Å². The number of carbonyl (C=O) groups excluding carboxylic acids is 2. The Morgan fingerprint density at radius 2 is 1.77 bits per heavy atom. The number of aromatic nitrogens is 2. The van der Waals surface area contributed by atoms with Gasteiger partial charge in [0.05, 0.1) is 18.6 Å². The zero-order chi connectivity index (χ0) is 28.4. The van der Waals surface area contributed by atoms with Crippen molar-refractivity contribution in [3.63, 3.8) is 0 Å². The van der Waals surface area contributed by atoms with Gasteiger partial charge in [0.25, 0.3) is 11.5 Å². The fourth-order valence-electron chi connectivity index (χ4n) is 4.03. The SMILES string of the molecule is COc1cccc(N2C(=O)C(=Cc3ccc(C(C)C)cc3)N=C2SCC(=O)c2c(N)n(C)c(=O)n(C)c2=O)c1. The molecule has 0 bridgehead atoms. The Labute approximate surface area is 229 Å². The summed E-state index contributed by atoms with van der Waals surface area (Å²) in [6.07, 6.45) is 1.69. The van der Waals surface area contributed by atoms with E-state index in [0.29, 0.717) is 17.4 Å². The molecule has 0 saturated carbocycles. The van der Waals surface area contributed by atoms with Gasteiger partial charge in [-0.25, -0.2) is 9.79 Å². The first-order valence-electron chi connectivity index (χ1n) is 12.1. The van der Waals surface area contributed by atoms with Gasteiger partial charge in [0.1, 0.15) is 22.8 Å². The topological polar surface area (TPSA) is 129 Å². The number of amides is 1. The highest BCUT2D eigenvalue weighted by Crippen LogP contribution is 2.32. The normalized spacial score (nSPS) is 14.3. The van der Waals surface area contributed by atoms with Crippen molar-refractivity contribution in [3.05, 3.63) is 91.8 Å². The van der Waals surface area contributed by atoms with E-state index >= 15 is 0 Å². The van der Waals surface area contributed by atoms with Crippen LogP contribution in [0.3, 0.4) is 0 Å². The van der Waals surface area contributed by atoms with E-state index in [4.69, 9.17) is 10.5 Å². The molecule has 0 spiro atoms. The zero-order valence-electron chi connectivity index (χ0n) is 22.3. The van der Waals surface area contributed by atoms with Crippen LogP contribution in [0, 0.1) is 0 Å². The van der Waals surface area contributed by atoms with Gasteiger partial charge in [-0.05, 0) is 35.3 Å². The van der Waals surface area contributed by atoms with Crippen LogP contribution in [-0.2, 0) is 18.9 Å². The Kier molecular flexibility index (Phi) is 7.91. The van der Waals surface area contributed by atoms with Crippen molar-refractivity contribution in [2.75, 3.05) is 23.5 Å². The number of hydrogen-bond acceptors (Lipinski definition) is 8. The summed E-state index contributed by atoms with van der Waals surface area (Å²) in [6, 6.07) is 14.8. The molecule has 4 rings (SSSR count). The van der Waals surface area contributed by atoms with Crippen LogP contribution in [-0.4, -0.2) is 38.9 Å². The van der Waals surface area contributed by atoms with Crippen LogP contribution in [0.4, 0.5) is 11.5 Å². The highest BCUT2D eigenvalue weighted by molar-refractivity contribution is 8.14. The maximum Gasteiger partial charge on any atom is 0.332 e. The third-order valence-electron chi connectivity index (χ3n) is 6.37. The van der Waals surface area contributed by atoms with Gasteiger partial charge < -0.3 is 10.5 Å². The Bertz CT molecular complexity index is 1630. The largest absolute Gasteiger partial charge is 0.497 e. The predicted molar refractivity (Wildman–Crippen MR) is 155 cm³/mol. The summed E-state index contributed by atoms with van der Waals surface area (Å²) in [7, 11) is 4.19. The van der Waals surface area contributed by atoms with Gasteiger partial charge >= 0.3 is 5.69 Å². The van der Waals surface area contributed by atoms with E-state index < -0.39 is 17.0 Å². The summed E-state index contributed by atoms with van der Waals surface area (Å²) in [4.78, 5) is 57.4. The lowest BCUT2D eigenvalue weighted by molar-refractivity contribution is -0.113. The van der Waals surface area contributed by atoms with Gasteiger partial charge in [-0.2, -0.15) is 0 Å². The van der Waals surface area contributed by atoms with Crippen LogP contribution < -0.4 is 26.6 Å². The van der Waals surface area contributed by atoms with Crippen LogP contribution in [0.5, 0.6) is 5.75 Å². The third-order valence-corrected chi connectivity index (χ3v) is 7.31. The standard InChI is InChI=1S/C28H29N5O5S/c1-16(2)18-11-9-17(10-12-18)13-21-25(35)33(19-7-6-8-20(14-19)38-5)27(30-21)39-15-22(34)23-24(29)31(3)28(37)32(4)26(23)36/h6-14,16H,15,29H2,1-5H3. The fraction of sp³-hybridized carbons (Fsp3) is 0.250. The molecule has 2 heterocycles. The van der Waals surface area contributed by atoms with E-state index in [9.17, 15) is 19.2 Å². The number of hydrogen-bond donors (Lipinski definition) is 1. The molecule has 1 amide bonds. The van der Waals surface area contributed by atoms with Crippen molar-refractivity contribution < 1.29 is 14.3 Å². The van der Waals surface area contributed by atoms with Crippen LogP contribution in [0.15, 0.2) is 68.8 Å². The number of anilines is 2. The first-order chi connectivity index (χ1) is 18.5. The van der Waals surface area contributed by atoms with Gasteiger partial charge in [0.15, 0.2) is 11.0 Å². The lowest BCUT2D eigenvalue weighted by Crippen LogP contribution is -2.42. The number of amidine groups is 1. The molecule has 1 aliphatic rings. The van der Waals surface area contributed by atoms with Gasteiger partial charge in [0, 0.05) is 20.2 Å². The summed E-state index contributed by atoms with van der Waals surface area (Å²) in [5.41, 5.74) is 6.94. The van der Waals surface area contributed by atoms with Gasteiger partial charge in [-0.3, -0.25) is 28.4 Å². The average Bonchev–Trinajstić information content (AvgIpc) is 3.24. The Hall–Kier alpha value is -4.38. The monoisotopic (exact) mass is 547 g/mol. The van der Waals surface area contributed by atoms with E-state index in [-0.39, 0.29) is 33.9 Å². The van der Waals surface area contributed by atoms with E-state index in [1.54, 1.807) is 30.3 Å². The number of ether oxygens (including phenoxy) is 1. The fourth-order valence-corrected chi connectivity index (χ4v) is 4.91. The van der Waals surface area contributed by atoms with Crippen molar-refractivity contribution >= 4 is 46.2 Å². The van der Waals surface area contributed by atoms with Crippen LogP contribution in [0.25, 0.3) is 6.08 Å².